The van der Waals surface area contributed by atoms with Crippen LogP contribution in [0.2, 0.25) is 0 Å². The lowest BCUT2D eigenvalue weighted by molar-refractivity contribution is -0.137. The van der Waals surface area contributed by atoms with Crippen molar-refractivity contribution in [2.45, 2.75) is 44.9 Å². The van der Waals surface area contributed by atoms with E-state index >= 15 is 0 Å². The van der Waals surface area contributed by atoms with Crippen LogP contribution in [0.25, 0.3) is 0 Å². The van der Waals surface area contributed by atoms with E-state index in [0.717, 1.165) is 34.5 Å². The van der Waals surface area contributed by atoms with Crippen LogP contribution in [-0.2, 0) is 12.6 Å². The molecule has 0 saturated carbocycles. The van der Waals surface area contributed by atoms with Crippen molar-refractivity contribution in [1.82, 2.24) is 10.6 Å². The van der Waals surface area contributed by atoms with Crippen LogP contribution in [0, 0.1) is 0 Å². The van der Waals surface area contributed by atoms with Gasteiger partial charge in [-0.2, -0.15) is 13.2 Å². The Morgan fingerprint density at radius 1 is 0.865 bits per heavy atom. The lowest BCUT2D eigenvalue weighted by Crippen LogP contribution is -2.31. The van der Waals surface area contributed by atoms with Gasteiger partial charge in [0, 0.05) is 18.8 Å². The molecule has 3 aromatic carbocycles. The highest BCUT2D eigenvalue weighted by Crippen LogP contribution is 2.34. The molecule has 3 aromatic rings. The fourth-order valence-corrected chi connectivity index (χ4v) is 4.19. The first-order chi connectivity index (χ1) is 17.8. The predicted molar refractivity (Wildman–Crippen MR) is 142 cm³/mol. The molecule has 0 aliphatic heterocycles. The Labute approximate surface area is 217 Å². The molecule has 198 valence electrons. The fourth-order valence-electron chi connectivity index (χ4n) is 4.19. The normalized spacial score (nSPS) is 13.0. The Hall–Kier alpha value is -3.45. The smallest absolute Gasteiger partial charge is 0.416 e. The van der Waals surface area contributed by atoms with Crippen molar-refractivity contribution in [2.24, 2.45) is 0 Å². The topological polar surface area (TPSA) is 42.5 Å². The van der Waals surface area contributed by atoms with Gasteiger partial charge in [0.1, 0.15) is 0 Å². The van der Waals surface area contributed by atoms with E-state index in [-0.39, 0.29) is 12.1 Å². The van der Waals surface area contributed by atoms with Gasteiger partial charge >= 0.3 is 6.18 Å². The SMILES string of the molecule is C=C(NC)C(N[C@H](CCc1ccc(C(F)(F)F)cc1)c1ccc(OCC)c(OCC)c1)c1ccccc1. The molecule has 0 spiro atoms. The van der Waals surface area contributed by atoms with Gasteiger partial charge in [0.2, 0.25) is 0 Å². The number of nitrogens with one attached hydrogen (secondary N) is 2. The molecular weight excluding hydrogens is 477 g/mol. The van der Waals surface area contributed by atoms with Crippen molar-refractivity contribution < 1.29 is 22.6 Å². The molecule has 7 heteroatoms. The summed E-state index contributed by atoms with van der Waals surface area (Å²) in [7, 11) is 1.83. The standard InChI is InChI=1S/C30H35F3N2O2/c1-5-36-27-19-15-24(20-28(27)37-6-2)26(18-14-22-12-16-25(17-13-22)30(31,32)33)35-29(21(3)34-4)23-10-8-7-9-11-23/h7-13,15-17,19-20,26,29,34-35H,3,5-6,14,18H2,1-2,4H3/t26-,29?/m1/s1. The molecule has 2 atom stereocenters. The second-order valence-corrected chi connectivity index (χ2v) is 8.64. The van der Waals surface area contributed by atoms with Gasteiger partial charge in [-0.25, -0.2) is 0 Å². The molecule has 0 aliphatic rings. The van der Waals surface area contributed by atoms with Crippen LogP contribution in [0.4, 0.5) is 13.2 Å². The molecule has 2 N–H and O–H groups in total. The van der Waals surface area contributed by atoms with Gasteiger partial charge in [0.15, 0.2) is 11.5 Å². The third-order valence-corrected chi connectivity index (χ3v) is 6.14. The maximum Gasteiger partial charge on any atom is 0.416 e. The first-order valence-corrected chi connectivity index (χ1v) is 12.5. The summed E-state index contributed by atoms with van der Waals surface area (Å²) < 4.78 is 50.6. The second kappa shape index (κ2) is 13.2. The van der Waals surface area contributed by atoms with Gasteiger partial charge in [-0.05, 0) is 67.6 Å². The molecule has 0 aromatic heterocycles. The van der Waals surface area contributed by atoms with E-state index in [1.807, 2.05) is 69.4 Å². The number of likely N-dealkylation sites (N-methyl/N-ethyl adjacent to an activating group) is 1. The number of hydrogen-bond donors (Lipinski definition) is 2. The Bertz CT molecular complexity index is 1130. The Morgan fingerprint density at radius 2 is 1.51 bits per heavy atom. The molecule has 0 saturated heterocycles. The zero-order chi connectivity index (χ0) is 26.8. The highest BCUT2D eigenvalue weighted by molar-refractivity contribution is 5.44. The van der Waals surface area contributed by atoms with Gasteiger partial charge in [-0.3, -0.25) is 5.32 Å². The van der Waals surface area contributed by atoms with Crippen molar-refractivity contribution in [1.29, 1.82) is 0 Å². The maximum absolute atomic E-state index is 13.0. The van der Waals surface area contributed by atoms with Gasteiger partial charge in [-0.1, -0.05) is 55.1 Å². The fraction of sp³-hybridized carbons (Fsp3) is 0.333. The summed E-state index contributed by atoms with van der Waals surface area (Å²) >= 11 is 0. The molecule has 37 heavy (non-hydrogen) atoms. The van der Waals surface area contributed by atoms with E-state index in [0.29, 0.717) is 37.6 Å². The summed E-state index contributed by atoms with van der Waals surface area (Å²) in [4.78, 5) is 0. The van der Waals surface area contributed by atoms with Crippen molar-refractivity contribution >= 4 is 0 Å². The molecule has 0 aliphatic carbocycles. The quantitative estimate of drug-likeness (QED) is 0.253. The number of aryl methyl sites for hydroxylation is 1. The van der Waals surface area contributed by atoms with E-state index in [9.17, 15) is 13.2 Å². The van der Waals surface area contributed by atoms with Crippen LogP contribution < -0.4 is 20.1 Å². The predicted octanol–water partition coefficient (Wildman–Crippen LogP) is 7.24. The molecule has 0 bridgehead atoms. The van der Waals surface area contributed by atoms with Crippen LogP contribution in [0.3, 0.4) is 0 Å². The molecule has 0 radical (unpaired) electrons. The Kier molecular flexibility index (Phi) is 10.0. The molecule has 1 unspecified atom stereocenters. The summed E-state index contributed by atoms with van der Waals surface area (Å²) in [6, 6.07) is 20.9. The Balaban J connectivity index is 1.93. The average Bonchev–Trinajstić information content (AvgIpc) is 2.90. The summed E-state index contributed by atoms with van der Waals surface area (Å²) in [5.74, 6) is 1.33. The van der Waals surface area contributed by atoms with Gasteiger partial charge < -0.3 is 14.8 Å². The van der Waals surface area contributed by atoms with E-state index < -0.39 is 11.7 Å². The minimum Gasteiger partial charge on any atom is -0.490 e. The lowest BCUT2D eigenvalue weighted by atomic mass is 9.95. The lowest BCUT2D eigenvalue weighted by Gasteiger charge is -2.29. The Morgan fingerprint density at radius 3 is 2.11 bits per heavy atom. The van der Waals surface area contributed by atoms with Crippen molar-refractivity contribution in [3.05, 3.63) is 107 Å². The van der Waals surface area contributed by atoms with Crippen molar-refractivity contribution in [3.8, 4) is 11.5 Å². The third-order valence-electron chi connectivity index (χ3n) is 6.14. The minimum atomic E-state index is -4.35. The second-order valence-electron chi connectivity index (χ2n) is 8.64. The summed E-state index contributed by atoms with van der Waals surface area (Å²) in [5.41, 5.74) is 3.04. The van der Waals surface area contributed by atoms with Crippen LogP contribution in [0.15, 0.2) is 85.1 Å². The highest BCUT2D eigenvalue weighted by atomic mass is 19.4. The number of ether oxygens (including phenoxy) is 2. The summed E-state index contributed by atoms with van der Waals surface area (Å²) in [5, 5.41) is 6.89. The molecule has 4 nitrogen and oxygen atoms in total. The van der Waals surface area contributed by atoms with Crippen molar-refractivity contribution in [2.75, 3.05) is 20.3 Å². The largest absolute Gasteiger partial charge is 0.490 e. The number of alkyl halides is 3. The zero-order valence-electron chi connectivity index (χ0n) is 21.6. The van der Waals surface area contributed by atoms with Crippen LogP contribution in [0.5, 0.6) is 11.5 Å². The molecule has 0 heterocycles. The monoisotopic (exact) mass is 512 g/mol. The average molecular weight is 513 g/mol. The summed E-state index contributed by atoms with van der Waals surface area (Å²) in [6.45, 7) is 9.07. The van der Waals surface area contributed by atoms with E-state index in [1.54, 1.807) is 12.1 Å². The first-order valence-electron chi connectivity index (χ1n) is 12.5. The van der Waals surface area contributed by atoms with Gasteiger partial charge in [0.05, 0.1) is 24.8 Å². The number of benzene rings is 3. The highest BCUT2D eigenvalue weighted by Gasteiger charge is 2.30. The molecule has 0 amide bonds. The maximum atomic E-state index is 13.0. The van der Waals surface area contributed by atoms with Gasteiger partial charge in [0.25, 0.3) is 0 Å². The van der Waals surface area contributed by atoms with Crippen molar-refractivity contribution in [3.63, 3.8) is 0 Å². The zero-order valence-corrected chi connectivity index (χ0v) is 21.6. The van der Waals surface area contributed by atoms with E-state index in [2.05, 4.69) is 17.2 Å². The molecule has 3 rings (SSSR count). The summed E-state index contributed by atoms with van der Waals surface area (Å²) in [6.07, 6.45) is -3.12. The van der Waals surface area contributed by atoms with Crippen LogP contribution in [0.1, 0.15) is 54.6 Å². The number of rotatable bonds is 13. The minimum absolute atomic E-state index is 0.146. The van der Waals surface area contributed by atoms with Crippen LogP contribution >= 0.6 is 0 Å². The van der Waals surface area contributed by atoms with Gasteiger partial charge in [-0.15, -0.1) is 0 Å². The third kappa shape index (κ3) is 7.76. The van der Waals surface area contributed by atoms with E-state index in [1.165, 1.54) is 0 Å². The number of halogens is 3. The first kappa shape index (κ1) is 28.1. The van der Waals surface area contributed by atoms with Crippen LogP contribution in [-0.4, -0.2) is 20.3 Å². The van der Waals surface area contributed by atoms with E-state index in [4.69, 9.17) is 9.47 Å². The number of hydrogen-bond acceptors (Lipinski definition) is 4. The molecule has 0 fully saturated rings. The molecular formula is C30H35F3N2O2.